The number of benzene rings is 1. The van der Waals surface area contributed by atoms with Gasteiger partial charge in [0.1, 0.15) is 0 Å². The molecule has 1 aromatic carbocycles. The van der Waals surface area contributed by atoms with Crippen LogP contribution in [0.3, 0.4) is 0 Å². The van der Waals surface area contributed by atoms with Gasteiger partial charge in [0.2, 0.25) is 0 Å². The highest BCUT2D eigenvalue weighted by atomic mass is 79.9. The van der Waals surface area contributed by atoms with Crippen LogP contribution in [0.1, 0.15) is 29.6 Å². The first-order valence-electron chi connectivity index (χ1n) is 4.69. The number of Topliss-reactive ketones (excluding diaryl/α,β-unsaturated/α-hetero) is 1. The van der Waals surface area contributed by atoms with Crippen molar-refractivity contribution in [3.05, 3.63) is 33.8 Å². The zero-order chi connectivity index (χ0) is 11.3. The molecule has 0 aliphatic rings. The molecule has 15 heavy (non-hydrogen) atoms. The molecule has 0 spiro atoms. The molecule has 0 aromatic heterocycles. The zero-order valence-corrected chi connectivity index (χ0v) is 11.2. The second kappa shape index (κ2) is 6.51. The fourth-order valence-corrected chi connectivity index (χ4v) is 2.02. The maximum atomic E-state index is 11.7. The molecule has 0 saturated carbocycles. The molecule has 0 unspecified atom stereocenters. The van der Waals surface area contributed by atoms with E-state index in [1.807, 2.05) is 0 Å². The molecule has 4 heteroatoms. The van der Waals surface area contributed by atoms with Crippen molar-refractivity contribution >= 4 is 44.9 Å². The Morgan fingerprint density at radius 2 is 2.00 bits per heavy atom. The van der Waals surface area contributed by atoms with Crippen LogP contribution in [0.2, 0.25) is 10.0 Å². The summed E-state index contributed by atoms with van der Waals surface area (Å²) in [6, 6.07) is 4.96. The minimum atomic E-state index is 0.0588. The number of hydrogen-bond donors (Lipinski definition) is 0. The molecule has 0 heterocycles. The van der Waals surface area contributed by atoms with E-state index in [1.54, 1.807) is 18.2 Å². The van der Waals surface area contributed by atoms with Gasteiger partial charge in [-0.1, -0.05) is 39.1 Å². The van der Waals surface area contributed by atoms with Crippen LogP contribution in [0.15, 0.2) is 18.2 Å². The second-order valence-corrected chi connectivity index (χ2v) is 4.83. The summed E-state index contributed by atoms with van der Waals surface area (Å²) < 4.78 is 0. The van der Waals surface area contributed by atoms with Crippen LogP contribution in [-0.2, 0) is 0 Å². The first-order chi connectivity index (χ1) is 7.15. The molecular weight excluding hydrogens is 299 g/mol. The second-order valence-electron chi connectivity index (χ2n) is 3.19. The average Bonchev–Trinajstić information content (AvgIpc) is 2.22. The molecule has 0 fully saturated rings. The maximum absolute atomic E-state index is 11.7. The lowest BCUT2D eigenvalue weighted by atomic mass is 10.1. The summed E-state index contributed by atoms with van der Waals surface area (Å²) in [4.78, 5) is 11.7. The Hall–Kier alpha value is -0.0500. The highest BCUT2D eigenvalue weighted by Crippen LogP contribution is 2.22. The molecule has 0 saturated heterocycles. The molecule has 0 atom stereocenters. The minimum absolute atomic E-state index is 0.0588. The Morgan fingerprint density at radius 1 is 1.27 bits per heavy atom. The van der Waals surface area contributed by atoms with E-state index in [0.29, 0.717) is 22.0 Å². The van der Waals surface area contributed by atoms with Crippen LogP contribution in [-0.4, -0.2) is 11.1 Å². The Bertz CT molecular complexity index is 352. The van der Waals surface area contributed by atoms with Gasteiger partial charge < -0.3 is 0 Å². The van der Waals surface area contributed by atoms with Crippen molar-refractivity contribution in [3.8, 4) is 0 Å². The fraction of sp³-hybridized carbons (Fsp3) is 0.364. The number of unbranched alkanes of at least 4 members (excludes halogenated alkanes) is 1. The maximum Gasteiger partial charge on any atom is 0.164 e. The lowest BCUT2D eigenvalue weighted by Gasteiger charge is -2.03. The summed E-state index contributed by atoms with van der Waals surface area (Å²) in [5, 5.41) is 1.94. The smallest absolute Gasteiger partial charge is 0.164 e. The summed E-state index contributed by atoms with van der Waals surface area (Å²) in [7, 11) is 0. The molecular formula is C11H11BrCl2O. The first kappa shape index (κ1) is 13.0. The fourth-order valence-electron chi connectivity index (χ4n) is 1.23. The summed E-state index contributed by atoms with van der Waals surface area (Å²) >= 11 is 15.0. The Balaban J connectivity index is 2.68. The summed E-state index contributed by atoms with van der Waals surface area (Å²) in [5.74, 6) is 0.0588. The third-order valence-electron chi connectivity index (χ3n) is 2.02. The van der Waals surface area contributed by atoms with Crippen molar-refractivity contribution in [3.63, 3.8) is 0 Å². The van der Waals surface area contributed by atoms with Gasteiger partial charge >= 0.3 is 0 Å². The number of ketones is 1. The molecule has 0 radical (unpaired) electrons. The Kier molecular flexibility index (Phi) is 5.65. The predicted octanol–water partition coefficient (Wildman–Crippen LogP) is 4.74. The quantitative estimate of drug-likeness (QED) is 0.436. The van der Waals surface area contributed by atoms with Gasteiger partial charge in [-0.3, -0.25) is 4.79 Å². The van der Waals surface area contributed by atoms with Crippen molar-refractivity contribution in [2.75, 3.05) is 5.33 Å². The number of carbonyl (C=O) groups excluding carboxylic acids is 1. The molecule has 1 rings (SSSR count). The minimum Gasteiger partial charge on any atom is -0.294 e. The highest BCUT2D eigenvalue weighted by Gasteiger charge is 2.10. The summed E-state index contributed by atoms with van der Waals surface area (Å²) in [5.41, 5.74) is 0.527. The molecule has 0 aliphatic heterocycles. The predicted molar refractivity (Wildman–Crippen MR) is 68.4 cm³/mol. The van der Waals surface area contributed by atoms with Gasteiger partial charge in [0.25, 0.3) is 0 Å². The SMILES string of the molecule is O=C(CCCCBr)c1cc(Cl)ccc1Cl. The van der Waals surface area contributed by atoms with Crippen LogP contribution < -0.4 is 0 Å². The van der Waals surface area contributed by atoms with E-state index in [-0.39, 0.29) is 5.78 Å². The first-order valence-corrected chi connectivity index (χ1v) is 6.57. The van der Waals surface area contributed by atoms with Gasteiger partial charge in [0, 0.05) is 22.3 Å². The number of hydrogen-bond acceptors (Lipinski definition) is 1. The highest BCUT2D eigenvalue weighted by molar-refractivity contribution is 9.09. The summed E-state index contributed by atoms with van der Waals surface area (Å²) in [6.07, 6.45) is 2.38. The van der Waals surface area contributed by atoms with Crippen molar-refractivity contribution < 1.29 is 4.79 Å². The lowest BCUT2D eigenvalue weighted by molar-refractivity contribution is 0.0980. The average molecular weight is 310 g/mol. The van der Waals surface area contributed by atoms with E-state index in [0.717, 1.165) is 18.2 Å². The van der Waals surface area contributed by atoms with Crippen molar-refractivity contribution in [2.24, 2.45) is 0 Å². The van der Waals surface area contributed by atoms with Gasteiger partial charge in [0.15, 0.2) is 5.78 Å². The van der Waals surface area contributed by atoms with Crippen LogP contribution in [0.25, 0.3) is 0 Å². The van der Waals surface area contributed by atoms with E-state index >= 15 is 0 Å². The van der Waals surface area contributed by atoms with E-state index in [2.05, 4.69) is 15.9 Å². The zero-order valence-electron chi connectivity index (χ0n) is 8.10. The Labute approximate surface area is 108 Å². The third kappa shape index (κ3) is 4.13. The van der Waals surface area contributed by atoms with E-state index < -0.39 is 0 Å². The molecule has 1 aromatic rings. The van der Waals surface area contributed by atoms with E-state index in [1.165, 1.54) is 0 Å². The lowest BCUT2D eigenvalue weighted by Crippen LogP contribution is -2.00. The van der Waals surface area contributed by atoms with Crippen molar-refractivity contribution in [1.82, 2.24) is 0 Å². The van der Waals surface area contributed by atoms with Crippen LogP contribution >= 0.6 is 39.1 Å². The van der Waals surface area contributed by atoms with E-state index in [4.69, 9.17) is 23.2 Å². The van der Waals surface area contributed by atoms with E-state index in [9.17, 15) is 4.79 Å². The molecule has 0 amide bonds. The van der Waals surface area contributed by atoms with Gasteiger partial charge in [-0.05, 0) is 31.0 Å². The standard InChI is InChI=1S/C11H11BrCl2O/c12-6-2-1-3-11(15)9-7-8(13)4-5-10(9)14/h4-5,7H,1-3,6H2. The van der Waals surface area contributed by atoms with Crippen LogP contribution in [0.5, 0.6) is 0 Å². The normalized spacial score (nSPS) is 10.3. The number of carbonyl (C=O) groups is 1. The number of alkyl halides is 1. The molecule has 0 N–H and O–H groups in total. The number of halogens is 3. The van der Waals surface area contributed by atoms with Crippen molar-refractivity contribution in [1.29, 1.82) is 0 Å². The van der Waals surface area contributed by atoms with Crippen LogP contribution in [0, 0.1) is 0 Å². The molecule has 82 valence electrons. The third-order valence-corrected chi connectivity index (χ3v) is 3.14. The largest absolute Gasteiger partial charge is 0.294 e. The van der Waals surface area contributed by atoms with Gasteiger partial charge in [-0.25, -0.2) is 0 Å². The monoisotopic (exact) mass is 308 g/mol. The van der Waals surface area contributed by atoms with Crippen molar-refractivity contribution in [2.45, 2.75) is 19.3 Å². The van der Waals surface area contributed by atoms with Gasteiger partial charge in [-0.2, -0.15) is 0 Å². The number of rotatable bonds is 5. The molecule has 0 aliphatic carbocycles. The Morgan fingerprint density at radius 3 is 2.67 bits per heavy atom. The topological polar surface area (TPSA) is 17.1 Å². The van der Waals surface area contributed by atoms with Gasteiger partial charge in [-0.15, -0.1) is 0 Å². The van der Waals surface area contributed by atoms with Crippen LogP contribution in [0.4, 0.5) is 0 Å². The molecule has 0 bridgehead atoms. The summed E-state index contributed by atoms with van der Waals surface area (Å²) in [6.45, 7) is 0. The molecule has 1 nitrogen and oxygen atoms in total. The van der Waals surface area contributed by atoms with Gasteiger partial charge in [0.05, 0.1) is 5.02 Å².